The predicted octanol–water partition coefficient (Wildman–Crippen LogP) is 5.34. The van der Waals surface area contributed by atoms with Crippen LogP contribution in [-0.2, 0) is 14.3 Å². The zero-order valence-electron chi connectivity index (χ0n) is 27.8. The van der Waals surface area contributed by atoms with Crippen molar-refractivity contribution in [3.63, 3.8) is 0 Å². The van der Waals surface area contributed by atoms with Crippen LogP contribution in [0.15, 0.2) is 23.8 Å². The minimum Gasteiger partial charge on any atom is -0.394 e. The third kappa shape index (κ3) is 5.13. The normalized spacial score (nSPS) is 48.6. The highest BCUT2D eigenvalue weighted by atomic mass is 16.7. The monoisotopic (exact) mass is 602 g/mol. The molecule has 13 atom stereocenters. The van der Waals surface area contributed by atoms with Crippen LogP contribution in [0.1, 0.15) is 107 Å². The summed E-state index contributed by atoms with van der Waals surface area (Å²) < 4.78 is 12.6. The largest absolute Gasteiger partial charge is 0.394 e. The van der Waals surface area contributed by atoms with Gasteiger partial charge in [-0.05, 0) is 105 Å². The number of allylic oxidation sites excluding steroid dienone is 4. The van der Waals surface area contributed by atoms with E-state index >= 15 is 0 Å². The fourth-order valence-corrected chi connectivity index (χ4v) is 11.1. The summed E-state index contributed by atoms with van der Waals surface area (Å²) in [6, 6.07) is 0. The minimum atomic E-state index is -1.51. The molecule has 6 unspecified atom stereocenters. The first-order valence-electron chi connectivity index (χ1n) is 16.8. The molecule has 5 rings (SSSR count). The molecule has 0 aromatic heterocycles. The van der Waals surface area contributed by atoms with Crippen molar-refractivity contribution in [1.29, 1.82) is 0 Å². The van der Waals surface area contributed by atoms with Gasteiger partial charge in [0, 0.05) is 12.3 Å². The van der Waals surface area contributed by atoms with Crippen LogP contribution in [0, 0.1) is 45.3 Å². The molecule has 0 radical (unpaired) electrons. The standard InChI is InChI=1S/C36H58O7/c1-21(2)11-9-16-36(8,43-31-30(41)29(40)28(39)24(20-37)42-31)22-12-17-35(7)27(22)23(38)19-26-33(5)15-10-14-32(3,4)25(33)13-18-34(26,35)6/h10-11,14,22,24-31,37,39-41H,9,12-13,15-20H2,1-8H3/t22?,24?,25?,26?,27?,28-,29+,30?,31+,33+,34-,35-,36+/m1/s1. The number of aliphatic hydroxyl groups is 4. The van der Waals surface area contributed by atoms with Crippen molar-refractivity contribution in [2.45, 2.75) is 143 Å². The van der Waals surface area contributed by atoms with Gasteiger partial charge >= 0.3 is 0 Å². The molecule has 1 aliphatic heterocycles. The van der Waals surface area contributed by atoms with Crippen LogP contribution in [0.2, 0.25) is 0 Å². The number of Topliss-reactive ketones (excluding diaryl/α,β-unsaturated/α-hetero) is 1. The summed E-state index contributed by atoms with van der Waals surface area (Å²) in [6.45, 7) is 17.7. The van der Waals surface area contributed by atoms with E-state index in [0.717, 1.165) is 32.1 Å². The average Bonchev–Trinajstić information content (AvgIpc) is 3.30. The first kappa shape index (κ1) is 33.3. The van der Waals surface area contributed by atoms with E-state index in [1.807, 2.05) is 6.92 Å². The zero-order valence-corrected chi connectivity index (χ0v) is 27.8. The van der Waals surface area contributed by atoms with E-state index in [-0.39, 0.29) is 33.5 Å². The molecule has 7 nitrogen and oxygen atoms in total. The molecule has 0 bridgehead atoms. The highest BCUT2D eigenvalue weighted by Crippen LogP contribution is 2.74. The maximum Gasteiger partial charge on any atom is 0.187 e. The van der Waals surface area contributed by atoms with Gasteiger partial charge in [0.05, 0.1) is 12.2 Å². The summed E-state index contributed by atoms with van der Waals surface area (Å²) >= 11 is 0. The highest BCUT2D eigenvalue weighted by molar-refractivity contribution is 5.84. The van der Waals surface area contributed by atoms with Gasteiger partial charge < -0.3 is 29.9 Å². The van der Waals surface area contributed by atoms with E-state index in [4.69, 9.17) is 9.47 Å². The van der Waals surface area contributed by atoms with Crippen LogP contribution in [0.4, 0.5) is 0 Å². The van der Waals surface area contributed by atoms with Crippen LogP contribution in [0.3, 0.4) is 0 Å². The molecule has 0 aromatic rings. The lowest BCUT2D eigenvalue weighted by atomic mass is 9.36. The predicted molar refractivity (Wildman–Crippen MR) is 166 cm³/mol. The number of fused-ring (bicyclic) bond motifs is 5. The molecule has 43 heavy (non-hydrogen) atoms. The molecule has 0 spiro atoms. The smallest absolute Gasteiger partial charge is 0.187 e. The number of carbonyl (C=O) groups is 1. The Kier molecular flexibility index (Phi) is 8.75. The van der Waals surface area contributed by atoms with E-state index in [1.54, 1.807) is 0 Å². The SMILES string of the molecule is CC(C)=CCC[C@](C)(O[C@@H]1OC(CO)[C@@H](O)[C@H](O)C1O)C1CC[C@]2(C)C1C(=O)CC1[C@@]3(C)CC=CC(C)(C)C3CC[C@]12C. The Hall–Kier alpha value is -1.09. The number of hydrogen-bond donors (Lipinski definition) is 4. The topological polar surface area (TPSA) is 116 Å². The van der Waals surface area contributed by atoms with Gasteiger partial charge in [0.25, 0.3) is 0 Å². The van der Waals surface area contributed by atoms with Gasteiger partial charge in [-0.2, -0.15) is 0 Å². The lowest BCUT2D eigenvalue weighted by Crippen LogP contribution is -2.65. The summed E-state index contributed by atoms with van der Waals surface area (Å²) in [7, 11) is 0. The van der Waals surface area contributed by atoms with Gasteiger partial charge in [-0.3, -0.25) is 4.79 Å². The molecule has 1 heterocycles. The molecule has 3 saturated carbocycles. The number of rotatable bonds is 7. The second kappa shape index (κ2) is 11.3. The summed E-state index contributed by atoms with van der Waals surface area (Å²) in [6.07, 6.45) is 7.28. The number of hydrogen-bond acceptors (Lipinski definition) is 7. The molecule has 244 valence electrons. The van der Waals surface area contributed by atoms with Crippen molar-refractivity contribution in [3.05, 3.63) is 23.8 Å². The van der Waals surface area contributed by atoms with E-state index in [9.17, 15) is 25.2 Å². The van der Waals surface area contributed by atoms with Gasteiger partial charge in [-0.15, -0.1) is 0 Å². The van der Waals surface area contributed by atoms with E-state index in [0.29, 0.717) is 30.5 Å². The molecule has 4 N–H and O–H groups in total. The average molecular weight is 603 g/mol. The van der Waals surface area contributed by atoms with Crippen molar-refractivity contribution in [2.24, 2.45) is 45.3 Å². The van der Waals surface area contributed by atoms with Crippen molar-refractivity contribution in [2.75, 3.05) is 6.61 Å². The molecule has 0 amide bonds. The lowest BCUT2D eigenvalue weighted by Gasteiger charge is -2.68. The number of ketones is 1. The van der Waals surface area contributed by atoms with Crippen LogP contribution in [-0.4, -0.2) is 69.1 Å². The summed E-state index contributed by atoms with van der Waals surface area (Å²) in [4.78, 5) is 14.6. The van der Waals surface area contributed by atoms with E-state index in [2.05, 4.69) is 66.7 Å². The number of ether oxygens (including phenoxy) is 2. The van der Waals surface area contributed by atoms with Crippen LogP contribution in [0.5, 0.6) is 0 Å². The van der Waals surface area contributed by atoms with Crippen molar-refractivity contribution in [3.8, 4) is 0 Å². The molecule has 4 aliphatic carbocycles. The van der Waals surface area contributed by atoms with Crippen LogP contribution in [0.25, 0.3) is 0 Å². The van der Waals surface area contributed by atoms with Gasteiger partial charge in [0.15, 0.2) is 6.29 Å². The molecule has 5 aliphatic rings. The minimum absolute atomic E-state index is 0.0107. The van der Waals surface area contributed by atoms with E-state index in [1.165, 1.54) is 12.0 Å². The van der Waals surface area contributed by atoms with Crippen LogP contribution < -0.4 is 0 Å². The fraction of sp³-hybridized carbons (Fsp3) is 0.861. The van der Waals surface area contributed by atoms with Crippen molar-refractivity contribution < 1.29 is 34.7 Å². The Morgan fingerprint density at radius 2 is 1.70 bits per heavy atom. The maximum atomic E-state index is 14.6. The first-order valence-corrected chi connectivity index (χ1v) is 16.8. The Labute approximate surface area is 259 Å². The fourth-order valence-electron chi connectivity index (χ4n) is 11.1. The molecular weight excluding hydrogens is 544 g/mol. The zero-order chi connectivity index (χ0) is 31.8. The molecule has 1 saturated heterocycles. The summed E-state index contributed by atoms with van der Waals surface area (Å²) in [5.41, 5.74) is 0.384. The molecule has 7 heteroatoms. The van der Waals surface area contributed by atoms with Gasteiger partial charge in [0.1, 0.15) is 30.2 Å². The Morgan fingerprint density at radius 1 is 1.02 bits per heavy atom. The molecule has 4 fully saturated rings. The summed E-state index contributed by atoms with van der Waals surface area (Å²) in [5.74, 6) is 0.944. The van der Waals surface area contributed by atoms with Gasteiger partial charge in [-0.1, -0.05) is 58.4 Å². The first-order chi connectivity index (χ1) is 19.9. The maximum absolute atomic E-state index is 14.6. The third-order valence-corrected chi connectivity index (χ3v) is 13.6. The molecular formula is C36H58O7. The second-order valence-electron chi connectivity index (χ2n) is 16.7. The van der Waals surface area contributed by atoms with Crippen molar-refractivity contribution >= 4 is 5.78 Å². The summed E-state index contributed by atoms with van der Waals surface area (Å²) in [5, 5.41) is 41.6. The Morgan fingerprint density at radius 3 is 2.35 bits per heavy atom. The third-order valence-electron chi connectivity index (χ3n) is 13.6. The van der Waals surface area contributed by atoms with Gasteiger partial charge in [-0.25, -0.2) is 0 Å². The van der Waals surface area contributed by atoms with E-state index < -0.39 is 42.9 Å². The lowest BCUT2D eigenvalue weighted by molar-refractivity contribution is -0.333. The highest BCUT2D eigenvalue weighted by Gasteiger charge is 2.71. The van der Waals surface area contributed by atoms with Gasteiger partial charge in [0.2, 0.25) is 0 Å². The Bertz CT molecular complexity index is 1120. The quantitative estimate of drug-likeness (QED) is 0.291. The Balaban J connectivity index is 1.49. The second-order valence-corrected chi connectivity index (χ2v) is 16.7. The van der Waals surface area contributed by atoms with Crippen molar-refractivity contribution in [1.82, 2.24) is 0 Å². The number of carbonyl (C=O) groups excluding carboxylic acids is 1. The molecule has 0 aromatic carbocycles. The number of aliphatic hydroxyl groups excluding tert-OH is 4. The van der Waals surface area contributed by atoms with Crippen LogP contribution >= 0.6 is 0 Å².